The molecule has 0 aromatic carbocycles. The fourth-order valence-electron chi connectivity index (χ4n) is 3.47. The van der Waals surface area contributed by atoms with Crippen LogP contribution < -0.4 is 10.6 Å². The first-order valence-corrected chi connectivity index (χ1v) is 7.49. The minimum Gasteiger partial charge on any atom is -0.348 e. The molecule has 1 amide bonds. The Morgan fingerprint density at radius 3 is 2.83 bits per heavy atom. The van der Waals surface area contributed by atoms with Crippen LogP contribution in [0.25, 0.3) is 0 Å². The molecule has 0 spiro atoms. The van der Waals surface area contributed by atoms with Crippen molar-refractivity contribution in [2.24, 2.45) is 5.92 Å². The van der Waals surface area contributed by atoms with Gasteiger partial charge in [0.1, 0.15) is 5.82 Å². The van der Waals surface area contributed by atoms with Gasteiger partial charge in [0.05, 0.1) is 12.6 Å². The van der Waals surface area contributed by atoms with Crippen molar-refractivity contribution < 1.29 is 13.6 Å². The Hall–Kier alpha value is -0.920. The van der Waals surface area contributed by atoms with Gasteiger partial charge in [0.15, 0.2) is 0 Å². The second-order valence-electron chi connectivity index (χ2n) is 5.85. The molecule has 1 aromatic rings. The van der Waals surface area contributed by atoms with E-state index in [9.17, 15) is 13.6 Å². The summed E-state index contributed by atoms with van der Waals surface area (Å²) in [6, 6.07) is 0.241. The molecular weight excluding hydrogens is 349 g/mol. The number of hydrogen-bond acceptors (Lipinski definition) is 3. The molecule has 3 rings (SSSR count). The first-order chi connectivity index (χ1) is 10.1. The highest BCUT2D eigenvalue weighted by Crippen LogP contribution is 2.33. The molecule has 1 aromatic heterocycles. The molecule has 9 heteroatoms. The van der Waals surface area contributed by atoms with E-state index < -0.39 is 6.55 Å². The number of nitrogens with one attached hydrogen (secondary N) is 2. The summed E-state index contributed by atoms with van der Waals surface area (Å²) in [5, 5.41) is 6.09. The number of imidazole rings is 1. The van der Waals surface area contributed by atoms with Gasteiger partial charge in [0.2, 0.25) is 5.91 Å². The third kappa shape index (κ3) is 4.55. The summed E-state index contributed by atoms with van der Waals surface area (Å²) in [7, 11) is 0. The first-order valence-electron chi connectivity index (χ1n) is 7.49. The number of amides is 1. The van der Waals surface area contributed by atoms with E-state index in [0.29, 0.717) is 12.0 Å². The summed E-state index contributed by atoms with van der Waals surface area (Å²) in [6.45, 7) is -2.60. The van der Waals surface area contributed by atoms with Gasteiger partial charge in [-0.1, -0.05) is 12.8 Å². The lowest BCUT2D eigenvalue weighted by molar-refractivity contribution is -0.123. The Balaban J connectivity index is 0.00000132. The van der Waals surface area contributed by atoms with Gasteiger partial charge in [-0.05, 0) is 25.2 Å². The lowest BCUT2D eigenvalue weighted by atomic mass is 9.85. The molecule has 0 radical (unpaired) electrons. The van der Waals surface area contributed by atoms with Gasteiger partial charge in [-0.25, -0.2) is 4.98 Å². The third-order valence-electron chi connectivity index (χ3n) is 4.56. The monoisotopic (exact) mass is 370 g/mol. The number of alkyl halides is 2. The molecule has 1 saturated heterocycles. The van der Waals surface area contributed by atoms with E-state index in [-0.39, 0.29) is 49.1 Å². The molecule has 1 aliphatic heterocycles. The predicted octanol–water partition coefficient (Wildman–Crippen LogP) is 2.66. The fraction of sp³-hybridized carbons (Fsp3) is 0.714. The first kappa shape index (κ1) is 20.1. The van der Waals surface area contributed by atoms with Crippen molar-refractivity contribution in [1.29, 1.82) is 0 Å². The van der Waals surface area contributed by atoms with Crippen LogP contribution in [0.15, 0.2) is 12.4 Å². The van der Waals surface area contributed by atoms with Crippen LogP contribution in [-0.4, -0.2) is 27.5 Å². The second kappa shape index (κ2) is 8.80. The fourth-order valence-corrected chi connectivity index (χ4v) is 3.47. The van der Waals surface area contributed by atoms with E-state index >= 15 is 0 Å². The number of carbonyl (C=O) groups is 1. The van der Waals surface area contributed by atoms with Gasteiger partial charge in [-0.15, -0.1) is 24.8 Å². The molecular formula is C14H22Cl2F2N4O. The maximum absolute atomic E-state index is 12.7. The summed E-state index contributed by atoms with van der Waals surface area (Å²) in [5.41, 5.74) is 0. The lowest BCUT2D eigenvalue weighted by Gasteiger charge is -2.24. The highest BCUT2D eigenvalue weighted by molar-refractivity contribution is 5.85. The molecule has 23 heavy (non-hydrogen) atoms. The Bertz CT molecular complexity index is 501. The van der Waals surface area contributed by atoms with Crippen molar-refractivity contribution in [2.75, 3.05) is 0 Å². The summed E-state index contributed by atoms with van der Waals surface area (Å²) in [4.78, 5) is 16.0. The number of carbonyl (C=O) groups excluding carboxylic acids is 1. The van der Waals surface area contributed by atoms with E-state index in [2.05, 4.69) is 15.6 Å². The number of rotatable bonds is 4. The van der Waals surface area contributed by atoms with E-state index in [0.717, 1.165) is 17.4 Å². The average molecular weight is 371 g/mol. The van der Waals surface area contributed by atoms with E-state index in [1.807, 2.05) is 0 Å². The zero-order valence-electron chi connectivity index (χ0n) is 12.6. The maximum Gasteiger partial charge on any atom is 0.319 e. The molecule has 1 saturated carbocycles. The SMILES string of the molecule is Cl.Cl.O=C(NCc1nccn1C(F)F)C1CC2CCCCC2N1. The van der Waals surface area contributed by atoms with E-state index in [1.54, 1.807) is 0 Å². The Labute approximate surface area is 146 Å². The largest absolute Gasteiger partial charge is 0.348 e. The molecule has 3 unspecified atom stereocenters. The molecule has 2 fully saturated rings. The van der Waals surface area contributed by atoms with Gasteiger partial charge in [-0.2, -0.15) is 8.78 Å². The van der Waals surface area contributed by atoms with Gasteiger partial charge in [-0.3, -0.25) is 9.36 Å². The second-order valence-corrected chi connectivity index (χ2v) is 5.85. The quantitative estimate of drug-likeness (QED) is 0.856. The van der Waals surface area contributed by atoms with Gasteiger partial charge in [0, 0.05) is 18.4 Å². The smallest absolute Gasteiger partial charge is 0.319 e. The summed E-state index contributed by atoms with van der Waals surface area (Å²) in [6.07, 6.45) is 8.14. The molecule has 5 nitrogen and oxygen atoms in total. The summed E-state index contributed by atoms with van der Waals surface area (Å²) < 4.78 is 26.1. The van der Waals surface area contributed by atoms with E-state index in [1.165, 1.54) is 31.7 Å². The van der Waals surface area contributed by atoms with Crippen molar-refractivity contribution in [1.82, 2.24) is 20.2 Å². The predicted molar refractivity (Wildman–Crippen MR) is 87.1 cm³/mol. The average Bonchev–Trinajstić information content (AvgIpc) is 3.10. The molecule has 0 bridgehead atoms. The lowest BCUT2D eigenvalue weighted by Crippen LogP contribution is -2.43. The number of hydrogen-bond donors (Lipinski definition) is 2. The minimum absolute atomic E-state index is 0. The van der Waals surface area contributed by atoms with Crippen LogP contribution in [-0.2, 0) is 11.3 Å². The van der Waals surface area contributed by atoms with Crippen LogP contribution in [0.2, 0.25) is 0 Å². The van der Waals surface area contributed by atoms with Crippen molar-refractivity contribution in [3.63, 3.8) is 0 Å². The third-order valence-corrected chi connectivity index (χ3v) is 4.56. The Morgan fingerprint density at radius 1 is 1.39 bits per heavy atom. The van der Waals surface area contributed by atoms with Crippen molar-refractivity contribution in [3.05, 3.63) is 18.2 Å². The zero-order chi connectivity index (χ0) is 14.8. The van der Waals surface area contributed by atoms with Gasteiger partial charge < -0.3 is 10.6 Å². The number of aromatic nitrogens is 2. The molecule has 2 heterocycles. The van der Waals surface area contributed by atoms with Crippen LogP contribution in [0.5, 0.6) is 0 Å². The van der Waals surface area contributed by atoms with Crippen molar-refractivity contribution in [3.8, 4) is 0 Å². The van der Waals surface area contributed by atoms with Gasteiger partial charge in [0.25, 0.3) is 0 Å². The summed E-state index contributed by atoms with van der Waals surface area (Å²) >= 11 is 0. The van der Waals surface area contributed by atoms with Crippen LogP contribution >= 0.6 is 24.8 Å². The Morgan fingerprint density at radius 2 is 2.13 bits per heavy atom. The highest BCUT2D eigenvalue weighted by atomic mass is 35.5. The van der Waals surface area contributed by atoms with E-state index in [4.69, 9.17) is 0 Å². The normalized spacial score (nSPS) is 26.1. The highest BCUT2D eigenvalue weighted by Gasteiger charge is 2.38. The number of halogens is 4. The van der Waals surface area contributed by atoms with Crippen LogP contribution in [0.4, 0.5) is 8.78 Å². The van der Waals surface area contributed by atoms with Gasteiger partial charge >= 0.3 is 6.55 Å². The Kier molecular flexibility index (Phi) is 7.70. The van der Waals surface area contributed by atoms with Crippen molar-refractivity contribution in [2.45, 2.75) is 57.3 Å². The standard InChI is InChI=1S/C14H20F2N4O.2ClH/c15-14(16)20-6-5-17-12(20)8-18-13(21)11-7-9-3-1-2-4-10(9)19-11;;/h5-6,9-11,14,19H,1-4,7-8H2,(H,18,21);2*1H. The maximum atomic E-state index is 12.7. The molecule has 132 valence electrons. The van der Waals surface area contributed by atoms with Crippen LogP contribution in [0, 0.1) is 5.92 Å². The molecule has 3 atom stereocenters. The number of nitrogens with zero attached hydrogens (tertiary/aromatic N) is 2. The topological polar surface area (TPSA) is 59.0 Å². The minimum atomic E-state index is -2.63. The molecule has 1 aliphatic carbocycles. The summed E-state index contributed by atoms with van der Waals surface area (Å²) in [5.74, 6) is 0.638. The zero-order valence-corrected chi connectivity index (χ0v) is 14.2. The molecule has 2 aliphatic rings. The van der Waals surface area contributed by atoms with Crippen LogP contribution in [0.3, 0.4) is 0 Å². The molecule has 2 N–H and O–H groups in total. The number of fused-ring (bicyclic) bond motifs is 1. The van der Waals surface area contributed by atoms with Crippen LogP contribution in [0.1, 0.15) is 44.5 Å². The van der Waals surface area contributed by atoms with Crippen molar-refractivity contribution >= 4 is 30.7 Å².